The van der Waals surface area contributed by atoms with E-state index in [0.717, 1.165) is 0 Å². The van der Waals surface area contributed by atoms with Crippen LogP contribution < -0.4 is 15.4 Å². The Hall–Kier alpha value is -3.04. The Morgan fingerprint density at radius 3 is 2.61 bits per heavy atom. The van der Waals surface area contributed by atoms with Crippen LogP contribution >= 0.6 is 23.4 Å². The second kappa shape index (κ2) is 11.2. The number of hydrogen-bond donors (Lipinski definition) is 2. The summed E-state index contributed by atoms with van der Waals surface area (Å²) in [6.45, 7) is 3.97. The number of halogens is 1. The number of methoxy groups -OCH3 is 1. The third-order valence-electron chi connectivity index (χ3n) is 4.90. The first-order chi connectivity index (χ1) is 15.8. The van der Waals surface area contributed by atoms with Gasteiger partial charge in [0.05, 0.1) is 29.5 Å². The van der Waals surface area contributed by atoms with Crippen molar-refractivity contribution in [1.82, 2.24) is 20.1 Å². The van der Waals surface area contributed by atoms with Crippen LogP contribution in [0.15, 0.2) is 53.7 Å². The molecule has 0 bridgehead atoms. The van der Waals surface area contributed by atoms with Gasteiger partial charge in [-0.2, -0.15) is 0 Å². The molecule has 2 aromatic carbocycles. The van der Waals surface area contributed by atoms with E-state index in [1.807, 2.05) is 20.9 Å². The smallest absolute Gasteiger partial charge is 0.253 e. The predicted molar refractivity (Wildman–Crippen MR) is 130 cm³/mol. The quantitative estimate of drug-likeness (QED) is 0.436. The number of hydrogen-bond acceptors (Lipinski definition) is 6. The lowest BCUT2D eigenvalue weighted by Crippen LogP contribution is -2.33. The number of carbonyl (C=O) groups excluding carboxylic acids is 2. The van der Waals surface area contributed by atoms with Crippen LogP contribution in [0.25, 0.3) is 0 Å². The lowest BCUT2D eigenvalue weighted by Gasteiger charge is -2.22. The summed E-state index contributed by atoms with van der Waals surface area (Å²) in [5.41, 5.74) is 1.05. The SMILES string of the molecule is COc1cccc(NC(=O)CSc2nnc([C@H](NC(=O)c3ccccc3Cl)C(C)C)n2C)c1. The zero-order chi connectivity index (χ0) is 24.0. The third-order valence-corrected chi connectivity index (χ3v) is 6.25. The van der Waals surface area contributed by atoms with Crippen LogP contribution in [0.4, 0.5) is 5.69 Å². The van der Waals surface area contributed by atoms with Crippen molar-refractivity contribution in [3.05, 3.63) is 64.9 Å². The Kier molecular flexibility index (Phi) is 8.35. The van der Waals surface area contributed by atoms with E-state index in [9.17, 15) is 9.59 Å². The molecule has 0 fully saturated rings. The summed E-state index contributed by atoms with van der Waals surface area (Å²) in [4.78, 5) is 25.2. The molecule has 0 unspecified atom stereocenters. The highest BCUT2D eigenvalue weighted by Crippen LogP contribution is 2.25. The lowest BCUT2D eigenvalue weighted by atomic mass is 10.0. The molecule has 10 heteroatoms. The number of nitrogens with one attached hydrogen (secondary N) is 2. The largest absolute Gasteiger partial charge is 0.497 e. The van der Waals surface area contributed by atoms with E-state index in [1.165, 1.54) is 11.8 Å². The molecule has 0 aliphatic heterocycles. The molecule has 33 heavy (non-hydrogen) atoms. The molecular weight excluding hydrogens is 462 g/mol. The fourth-order valence-electron chi connectivity index (χ4n) is 3.14. The second-order valence-electron chi connectivity index (χ2n) is 7.64. The fraction of sp³-hybridized carbons (Fsp3) is 0.304. The maximum atomic E-state index is 12.8. The van der Waals surface area contributed by atoms with Gasteiger partial charge < -0.3 is 19.9 Å². The fourth-order valence-corrected chi connectivity index (χ4v) is 4.08. The number of anilines is 1. The van der Waals surface area contributed by atoms with Crippen LogP contribution in [0.5, 0.6) is 5.75 Å². The number of nitrogens with zero attached hydrogens (tertiary/aromatic N) is 3. The topological polar surface area (TPSA) is 98.1 Å². The molecule has 0 spiro atoms. The first-order valence-corrected chi connectivity index (χ1v) is 11.7. The highest BCUT2D eigenvalue weighted by atomic mass is 35.5. The molecule has 0 aliphatic rings. The van der Waals surface area contributed by atoms with E-state index in [4.69, 9.17) is 16.3 Å². The number of rotatable bonds is 9. The van der Waals surface area contributed by atoms with Crippen molar-refractivity contribution in [2.45, 2.75) is 25.0 Å². The molecule has 2 N–H and O–H groups in total. The average molecular weight is 488 g/mol. The first-order valence-electron chi connectivity index (χ1n) is 10.3. The summed E-state index contributed by atoms with van der Waals surface area (Å²) in [5, 5.41) is 15.3. The molecule has 3 aromatic rings. The zero-order valence-electron chi connectivity index (χ0n) is 18.8. The van der Waals surface area contributed by atoms with Gasteiger partial charge in [0.15, 0.2) is 11.0 Å². The van der Waals surface area contributed by atoms with Gasteiger partial charge in [0.25, 0.3) is 5.91 Å². The standard InChI is InChI=1S/C23H26ClN5O3S/c1-14(2)20(26-22(31)17-10-5-6-11-18(17)24)21-27-28-23(29(21)3)33-13-19(30)25-15-8-7-9-16(12-15)32-4/h5-12,14,20H,13H2,1-4H3,(H,25,30)(H,26,31)/t20-/m1/s1. The van der Waals surface area contributed by atoms with Gasteiger partial charge in [-0.15, -0.1) is 10.2 Å². The molecule has 0 aliphatic carbocycles. The van der Waals surface area contributed by atoms with Gasteiger partial charge in [-0.05, 0) is 30.2 Å². The first kappa shape index (κ1) is 24.6. The predicted octanol–water partition coefficient (Wildman–Crippen LogP) is 4.34. The second-order valence-corrected chi connectivity index (χ2v) is 8.99. The van der Waals surface area contributed by atoms with Gasteiger partial charge >= 0.3 is 0 Å². The molecule has 0 saturated heterocycles. The summed E-state index contributed by atoms with van der Waals surface area (Å²) in [6, 6.07) is 13.7. The molecule has 1 atom stereocenters. The summed E-state index contributed by atoms with van der Waals surface area (Å²) >= 11 is 7.43. The van der Waals surface area contributed by atoms with Crippen molar-refractivity contribution >= 4 is 40.9 Å². The number of benzene rings is 2. The summed E-state index contributed by atoms with van der Waals surface area (Å²) in [7, 11) is 3.39. The van der Waals surface area contributed by atoms with Crippen molar-refractivity contribution in [2.24, 2.45) is 13.0 Å². The normalized spacial score (nSPS) is 11.8. The minimum atomic E-state index is -0.383. The number of aromatic nitrogens is 3. The number of amides is 2. The van der Waals surface area contributed by atoms with Crippen LogP contribution in [0, 0.1) is 5.92 Å². The summed E-state index contributed by atoms with van der Waals surface area (Å²) in [5.74, 6) is 1.01. The Morgan fingerprint density at radius 1 is 1.15 bits per heavy atom. The lowest BCUT2D eigenvalue weighted by molar-refractivity contribution is -0.113. The number of ether oxygens (including phenoxy) is 1. The number of carbonyl (C=O) groups is 2. The van der Waals surface area contributed by atoms with E-state index in [0.29, 0.717) is 33.0 Å². The molecule has 3 rings (SSSR count). The van der Waals surface area contributed by atoms with E-state index in [-0.39, 0.29) is 29.5 Å². The molecular formula is C23H26ClN5O3S. The minimum Gasteiger partial charge on any atom is -0.497 e. The average Bonchev–Trinajstić information content (AvgIpc) is 3.16. The van der Waals surface area contributed by atoms with Gasteiger partial charge in [-0.3, -0.25) is 9.59 Å². The van der Waals surface area contributed by atoms with Crippen molar-refractivity contribution in [3.8, 4) is 5.75 Å². The van der Waals surface area contributed by atoms with Crippen LogP contribution in [0.2, 0.25) is 5.02 Å². The Labute approximate surface area is 202 Å². The van der Waals surface area contributed by atoms with E-state index < -0.39 is 0 Å². The minimum absolute atomic E-state index is 0.0496. The van der Waals surface area contributed by atoms with Crippen molar-refractivity contribution in [2.75, 3.05) is 18.2 Å². The molecule has 1 heterocycles. The summed E-state index contributed by atoms with van der Waals surface area (Å²) in [6.07, 6.45) is 0. The Bertz CT molecular complexity index is 1130. The third kappa shape index (κ3) is 6.27. The molecule has 8 nitrogen and oxygen atoms in total. The van der Waals surface area contributed by atoms with E-state index in [1.54, 1.807) is 60.2 Å². The Balaban J connectivity index is 1.66. The van der Waals surface area contributed by atoms with Crippen molar-refractivity contribution in [1.29, 1.82) is 0 Å². The van der Waals surface area contributed by atoms with Gasteiger partial charge in [0, 0.05) is 18.8 Å². The summed E-state index contributed by atoms with van der Waals surface area (Å²) < 4.78 is 6.97. The highest BCUT2D eigenvalue weighted by Gasteiger charge is 2.26. The molecule has 0 radical (unpaired) electrons. The monoisotopic (exact) mass is 487 g/mol. The van der Waals surface area contributed by atoms with Crippen LogP contribution in [-0.4, -0.2) is 39.4 Å². The van der Waals surface area contributed by atoms with Gasteiger partial charge in [0.2, 0.25) is 5.91 Å². The van der Waals surface area contributed by atoms with Gasteiger partial charge in [0.1, 0.15) is 5.75 Å². The molecule has 2 amide bonds. The van der Waals surface area contributed by atoms with Crippen molar-refractivity contribution < 1.29 is 14.3 Å². The number of thioether (sulfide) groups is 1. The van der Waals surface area contributed by atoms with Crippen LogP contribution in [0.1, 0.15) is 36.1 Å². The van der Waals surface area contributed by atoms with Gasteiger partial charge in [-0.1, -0.05) is 55.4 Å². The maximum Gasteiger partial charge on any atom is 0.253 e. The molecule has 0 saturated carbocycles. The molecule has 174 valence electrons. The Morgan fingerprint density at radius 2 is 1.91 bits per heavy atom. The van der Waals surface area contributed by atoms with Crippen LogP contribution in [0.3, 0.4) is 0 Å². The highest BCUT2D eigenvalue weighted by molar-refractivity contribution is 7.99. The molecule has 1 aromatic heterocycles. The van der Waals surface area contributed by atoms with Crippen LogP contribution in [-0.2, 0) is 11.8 Å². The van der Waals surface area contributed by atoms with E-state index in [2.05, 4.69) is 20.8 Å². The van der Waals surface area contributed by atoms with Gasteiger partial charge in [-0.25, -0.2) is 0 Å². The maximum absolute atomic E-state index is 12.8. The zero-order valence-corrected chi connectivity index (χ0v) is 20.4. The van der Waals surface area contributed by atoms with E-state index >= 15 is 0 Å². The van der Waals surface area contributed by atoms with Crippen molar-refractivity contribution in [3.63, 3.8) is 0 Å².